The van der Waals surface area contributed by atoms with E-state index in [0.717, 1.165) is 6.54 Å². The fourth-order valence-corrected chi connectivity index (χ4v) is 1.62. The van der Waals surface area contributed by atoms with Gasteiger partial charge in [0.1, 0.15) is 0 Å². The number of nitrogens with one attached hydrogen (secondary N) is 1. The number of carbonyl (C=O) groups excluding carboxylic acids is 1. The number of nitrogens with zero attached hydrogens (tertiary/aromatic N) is 2. The largest absolute Gasteiger partial charge is 0.380 e. The molecule has 0 saturated heterocycles. The molecular formula is C12H23ClN4O2. The number of halogens is 1. The van der Waals surface area contributed by atoms with Crippen molar-refractivity contribution in [3.63, 3.8) is 0 Å². The Kier molecular flexibility index (Phi) is 8.38. The van der Waals surface area contributed by atoms with Gasteiger partial charge in [-0.3, -0.25) is 10.1 Å². The molecule has 1 aromatic heterocycles. The number of aromatic nitrogens is 2. The lowest BCUT2D eigenvalue weighted by molar-refractivity contribution is -0.118. The van der Waals surface area contributed by atoms with Gasteiger partial charge in [0, 0.05) is 32.6 Å². The summed E-state index contributed by atoms with van der Waals surface area (Å²) in [6, 6.07) is 0. The average molecular weight is 291 g/mol. The first kappa shape index (κ1) is 17.9. The molecule has 19 heavy (non-hydrogen) atoms. The SMILES string of the molecule is COC(CN)CC(=O)Nc1nccn1CC(C)C.Cl. The summed E-state index contributed by atoms with van der Waals surface area (Å²) in [6.07, 6.45) is 3.52. The lowest BCUT2D eigenvalue weighted by Crippen LogP contribution is -2.28. The highest BCUT2D eigenvalue weighted by Gasteiger charge is 2.13. The minimum absolute atomic E-state index is 0. The van der Waals surface area contributed by atoms with Gasteiger partial charge in [0.05, 0.1) is 12.5 Å². The zero-order chi connectivity index (χ0) is 13.5. The first-order valence-corrected chi connectivity index (χ1v) is 6.10. The molecule has 1 unspecified atom stereocenters. The van der Waals surface area contributed by atoms with Crippen LogP contribution in [0.15, 0.2) is 12.4 Å². The van der Waals surface area contributed by atoms with E-state index in [1.807, 2.05) is 10.8 Å². The van der Waals surface area contributed by atoms with Crippen LogP contribution in [0.3, 0.4) is 0 Å². The molecule has 6 nitrogen and oxygen atoms in total. The molecule has 0 spiro atoms. The summed E-state index contributed by atoms with van der Waals surface area (Å²) in [7, 11) is 1.55. The van der Waals surface area contributed by atoms with Gasteiger partial charge >= 0.3 is 0 Å². The Hall–Kier alpha value is -1.11. The van der Waals surface area contributed by atoms with Crippen LogP contribution in [0.5, 0.6) is 0 Å². The van der Waals surface area contributed by atoms with Crippen LogP contribution < -0.4 is 11.1 Å². The fraction of sp³-hybridized carbons (Fsp3) is 0.667. The number of rotatable bonds is 7. The number of carbonyl (C=O) groups is 1. The lowest BCUT2D eigenvalue weighted by atomic mass is 10.2. The zero-order valence-electron chi connectivity index (χ0n) is 11.6. The second-order valence-electron chi connectivity index (χ2n) is 4.64. The van der Waals surface area contributed by atoms with E-state index >= 15 is 0 Å². The fourth-order valence-electron chi connectivity index (χ4n) is 1.62. The Morgan fingerprint density at radius 1 is 1.58 bits per heavy atom. The summed E-state index contributed by atoms with van der Waals surface area (Å²) in [6.45, 7) is 5.37. The van der Waals surface area contributed by atoms with E-state index < -0.39 is 0 Å². The van der Waals surface area contributed by atoms with Crippen molar-refractivity contribution < 1.29 is 9.53 Å². The summed E-state index contributed by atoms with van der Waals surface area (Å²) in [5.41, 5.74) is 5.47. The average Bonchev–Trinajstić information content (AvgIpc) is 2.72. The summed E-state index contributed by atoms with van der Waals surface area (Å²) in [4.78, 5) is 15.9. The Labute approximate surface area is 120 Å². The number of methoxy groups -OCH3 is 1. The highest BCUT2D eigenvalue weighted by Crippen LogP contribution is 2.09. The normalized spacial score (nSPS) is 12.1. The third-order valence-electron chi connectivity index (χ3n) is 2.54. The van der Waals surface area contributed by atoms with Crippen LogP contribution >= 0.6 is 12.4 Å². The smallest absolute Gasteiger partial charge is 0.229 e. The molecule has 7 heteroatoms. The maximum atomic E-state index is 11.8. The topological polar surface area (TPSA) is 82.2 Å². The van der Waals surface area contributed by atoms with Gasteiger partial charge in [0.15, 0.2) is 0 Å². The Bertz CT molecular complexity index is 378. The maximum Gasteiger partial charge on any atom is 0.229 e. The summed E-state index contributed by atoms with van der Waals surface area (Å²) < 4.78 is 6.99. The Balaban J connectivity index is 0.00000324. The summed E-state index contributed by atoms with van der Waals surface area (Å²) >= 11 is 0. The van der Waals surface area contributed by atoms with Crippen LogP contribution in [-0.2, 0) is 16.1 Å². The van der Waals surface area contributed by atoms with Gasteiger partial charge in [-0.25, -0.2) is 4.98 Å². The third kappa shape index (κ3) is 6.04. The van der Waals surface area contributed by atoms with Crippen molar-refractivity contribution in [2.45, 2.75) is 32.9 Å². The molecule has 0 aliphatic heterocycles. The van der Waals surface area contributed by atoms with E-state index in [-0.39, 0.29) is 30.8 Å². The standard InChI is InChI=1S/C12H22N4O2.ClH/c1-9(2)8-16-5-4-14-12(16)15-11(17)6-10(7-13)18-3;/h4-5,9-10H,6-8,13H2,1-3H3,(H,14,15,17);1H. The van der Waals surface area contributed by atoms with Crippen LogP contribution in [0.4, 0.5) is 5.95 Å². The van der Waals surface area contributed by atoms with Crippen LogP contribution in [0, 0.1) is 5.92 Å². The van der Waals surface area contributed by atoms with Crippen molar-refractivity contribution in [2.24, 2.45) is 11.7 Å². The predicted molar refractivity (Wildman–Crippen MR) is 77.4 cm³/mol. The highest BCUT2D eigenvalue weighted by atomic mass is 35.5. The second kappa shape index (κ2) is 8.90. The molecule has 1 heterocycles. The molecule has 0 fully saturated rings. The zero-order valence-corrected chi connectivity index (χ0v) is 12.4. The van der Waals surface area contributed by atoms with Gasteiger partial charge in [-0.15, -0.1) is 12.4 Å². The maximum absolute atomic E-state index is 11.8. The van der Waals surface area contributed by atoms with Crippen LogP contribution in [-0.4, -0.2) is 35.2 Å². The van der Waals surface area contributed by atoms with Crippen molar-refractivity contribution >= 4 is 24.3 Å². The molecule has 1 aromatic rings. The van der Waals surface area contributed by atoms with Crippen LogP contribution in [0.2, 0.25) is 0 Å². The Morgan fingerprint density at radius 3 is 2.79 bits per heavy atom. The molecule has 0 aliphatic rings. The highest BCUT2D eigenvalue weighted by molar-refractivity contribution is 5.89. The van der Waals surface area contributed by atoms with E-state index in [0.29, 0.717) is 18.4 Å². The molecule has 0 radical (unpaired) electrons. The molecule has 1 atom stereocenters. The molecule has 110 valence electrons. The number of hydrogen-bond donors (Lipinski definition) is 2. The van der Waals surface area contributed by atoms with Crippen molar-refractivity contribution in [3.05, 3.63) is 12.4 Å². The van der Waals surface area contributed by atoms with Gasteiger partial charge in [0.2, 0.25) is 11.9 Å². The molecule has 1 rings (SSSR count). The Morgan fingerprint density at radius 2 is 2.26 bits per heavy atom. The molecule has 0 bridgehead atoms. The number of imidazole rings is 1. The van der Waals surface area contributed by atoms with Crippen molar-refractivity contribution in [3.8, 4) is 0 Å². The number of anilines is 1. The van der Waals surface area contributed by atoms with Gasteiger partial charge in [-0.2, -0.15) is 0 Å². The number of ether oxygens (including phenoxy) is 1. The van der Waals surface area contributed by atoms with E-state index in [1.165, 1.54) is 0 Å². The van der Waals surface area contributed by atoms with E-state index in [9.17, 15) is 4.79 Å². The molecule has 3 N–H and O–H groups in total. The minimum atomic E-state index is -0.251. The molecule has 0 aromatic carbocycles. The van der Waals surface area contributed by atoms with Crippen molar-refractivity contribution in [1.82, 2.24) is 9.55 Å². The van der Waals surface area contributed by atoms with Gasteiger partial charge < -0.3 is 15.0 Å². The van der Waals surface area contributed by atoms with E-state index in [4.69, 9.17) is 10.5 Å². The van der Waals surface area contributed by atoms with Gasteiger partial charge in [-0.05, 0) is 5.92 Å². The number of hydrogen-bond acceptors (Lipinski definition) is 4. The van der Waals surface area contributed by atoms with Crippen LogP contribution in [0.1, 0.15) is 20.3 Å². The van der Waals surface area contributed by atoms with Gasteiger partial charge in [-0.1, -0.05) is 13.8 Å². The number of amides is 1. The molecule has 0 aliphatic carbocycles. The molecule has 0 saturated carbocycles. The van der Waals surface area contributed by atoms with E-state index in [2.05, 4.69) is 24.1 Å². The van der Waals surface area contributed by atoms with Gasteiger partial charge in [0.25, 0.3) is 0 Å². The molecular weight excluding hydrogens is 268 g/mol. The third-order valence-corrected chi connectivity index (χ3v) is 2.54. The van der Waals surface area contributed by atoms with Crippen molar-refractivity contribution in [2.75, 3.05) is 19.0 Å². The quantitative estimate of drug-likeness (QED) is 0.792. The molecule has 1 amide bonds. The predicted octanol–water partition coefficient (Wildman–Crippen LogP) is 1.26. The monoisotopic (exact) mass is 290 g/mol. The minimum Gasteiger partial charge on any atom is -0.380 e. The summed E-state index contributed by atoms with van der Waals surface area (Å²) in [5, 5.41) is 2.77. The first-order valence-electron chi connectivity index (χ1n) is 6.10. The van der Waals surface area contributed by atoms with Crippen molar-refractivity contribution in [1.29, 1.82) is 0 Å². The lowest BCUT2D eigenvalue weighted by Gasteiger charge is -2.14. The number of nitrogens with two attached hydrogens (primary N) is 1. The van der Waals surface area contributed by atoms with Crippen LogP contribution in [0.25, 0.3) is 0 Å². The van der Waals surface area contributed by atoms with E-state index in [1.54, 1.807) is 13.3 Å². The second-order valence-corrected chi connectivity index (χ2v) is 4.64. The first-order chi connectivity index (χ1) is 8.56. The summed E-state index contributed by atoms with van der Waals surface area (Å²) in [5.74, 6) is 0.926.